The number of benzene rings is 1. The van der Waals surface area contributed by atoms with Crippen molar-refractivity contribution in [2.75, 3.05) is 20.2 Å². The van der Waals surface area contributed by atoms with E-state index in [2.05, 4.69) is 46.8 Å². The lowest BCUT2D eigenvalue weighted by molar-refractivity contribution is -0.168. The van der Waals surface area contributed by atoms with E-state index in [-0.39, 0.29) is 29.9 Å². The molecule has 1 aliphatic heterocycles. The molecule has 4 rings (SSSR count). The molecule has 1 saturated heterocycles. The average Bonchev–Trinajstić information content (AvgIpc) is 3.07. The number of hydrogen-bond donors (Lipinski definition) is 2. The van der Waals surface area contributed by atoms with Gasteiger partial charge in [-0.15, -0.1) is 24.0 Å². The largest absolute Gasteiger partial charge is 0.378 e. The molecule has 2 atom stereocenters. The minimum Gasteiger partial charge on any atom is -0.378 e. The first-order chi connectivity index (χ1) is 14.1. The van der Waals surface area contributed by atoms with Gasteiger partial charge in [-0.1, -0.05) is 30.7 Å². The number of hydrogen-bond acceptors (Lipinski definition) is 3. The van der Waals surface area contributed by atoms with Gasteiger partial charge in [0.05, 0.1) is 6.10 Å². The molecule has 2 aliphatic carbocycles. The zero-order valence-corrected chi connectivity index (χ0v) is 20.5. The maximum atomic E-state index is 11.9. The highest BCUT2D eigenvalue weighted by atomic mass is 127. The van der Waals surface area contributed by atoms with Crippen molar-refractivity contribution in [2.24, 2.45) is 10.4 Å². The van der Waals surface area contributed by atoms with Gasteiger partial charge in [0.25, 0.3) is 0 Å². The predicted octanol–water partition coefficient (Wildman–Crippen LogP) is 3.44. The second kappa shape index (κ2) is 10.3. The zero-order chi connectivity index (χ0) is 20.3. The summed E-state index contributed by atoms with van der Waals surface area (Å²) in [6, 6.07) is 8.94. The van der Waals surface area contributed by atoms with E-state index in [9.17, 15) is 4.79 Å². The number of carbonyl (C=O) groups is 1. The van der Waals surface area contributed by atoms with Crippen LogP contribution >= 0.6 is 24.0 Å². The molecule has 1 aromatic carbocycles. The summed E-state index contributed by atoms with van der Waals surface area (Å²) in [5, 5.41) is 7.10. The smallest absolute Gasteiger partial charge is 0.222 e. The summed E-state index contributed by atoms with van der Waals surface area (Å²) >= 11 is 0. The van der Waals surface area contributed by atoms with Gasteiger partial charge in [-0.2, -0.15) is 0 Å². The number of carbonyl (C=O) groups excluding carboxylic acids is 1. The zero-order valence-electron chi connectivity index (χ0n) is 18.2. The fraction of sp³-hybridized carbons (Fsp3) is 0.652. The van der Waals surface area contributed by atoms with E-state index in [1.807, 2.05) is 11.9 Å². The molecule has 1 spiro atoms. The number of aliphatic imine (C=N–C) groups is 1. The fourth-order valence-electron chi connectivity index (χ4n) is 5.12. The topological polar surface area (TPSA) is 66.0 Å². The summed E-state index contributed by atoms with van der Waals surface area (Å²) in [5.74, 6) is 1.13. The van der Waals surface area contributed by atoms with E-state index < -0.39 is 0 Å². The molecule has 1 amide bonds. The second-order valence-electron chi connectivity index (χ2n) is 8.63. The van der Waals surface area contributed by atoms with E-state index in [0.717, 1.165) is 38.5 Å². The Kier molecular flexibility index (Phi) is 8.01. The van der Waals surface area contributed by atoms with E-state index >= 15 is 0 Å². The quantitative estimate of drug-likeness (QED) is 0.325. The monoisotopic (exact) mass is 526 g/mol. The maximum absolute atomic E-state index is 11.9. The van der Waals surface area contributed by atoms with Crippen molar-refractivity contribution in [1.82, 2.24) is 15.5 Å². The summed E-state index contributed by atoms with van der Waals surface area (Å²) < 4.78 is 5.96. The molecule has 0 bridgehead atoms. The van der Waals surface area contributed by atoms with Gasteiger partial charge < -0.3 is 20.3 Å². The molecule has 6 nitrogen and oxygen atoms in total. The summed E-state index contributed by atoms with van der Waals surface area (Å²) in [4.78, 5) is 18.3. The third-order valence-electron chi connectivity index (χ3n) is 6.97. The van der Waals surface area contributed by atoms with Crippen LogP contribution in [0.2, 0.25) is 0 Å². The summed E-state index contributed by atoms with van der Waals surface area (Å²) in [6.07, 6.45) is 6.95. The Labute approximate surface area is 197 Å². The van der Waals surface area contributed by atoms with Crippen LogP contribution in [0.4, 0.5) is 0 Å². The average molecular weight is 526 g/mol. The second-order valence-corrected chi connectivity index (χ2v) is 8.63. The van der Waals surface area contributed by atoms with Gasteiger partial charge >= 0.3 is 0 Å². The number of amides is 1. The molecule has 0 radical (unpaired) electrons. The van der Waals surface area contributed by atoms with Gasteiger partial charge in [0, 0.05) is 51.2 Å². The normalized spacial score (nSPS) is 24.8. The number of nitrogens with zero attached hydrogens (tertiary/aromatic N) is 2. The lowest BCUT2D eigenvalue weighted by Gasteiger charge is -2.61. The van der Waals surface area contributed by atoms with Crippen molar-refractivity contribution in [1.29, 1.82) is 0 Å². The van der Waals surface area contributed by atoms with Crippen molar-refractivity contribution in [3.8, 4) is 0 Å². The lowest BCUT2D eigenvalue weighted by atomic mass is 9.51. The van der Waals surface area contributed by atoms with Gasteiger partial charge in [0.1, 0.15) is 0 Å². The first-order valence-corrected chi connectivity index (χ1v) is 11.1. The first kappa shape index (κ1) is 23.3. The lowest BCUT2D eigenvalue weighted by Crippen LogP contribution is -2.68. The van der Waals surface area contributed by atoms with Crippen LogP contribution < -0.4 is 10.6 Å². The molecule has 2 unspecified atom stereocenters. The summed E-state index contributed by atoms with van der Waals surface area (Å²) in [7, 11) is 1.83. The molecule has 0 aromatic heterocycles. The van der Waals surface area contributed by atoms with Gasteiger partial charge in [-0.25, -0.2) is 0 Å². The highest BCUT2D eigenvalue weighted by Crippen LogP contribution is 2.57. The van der Waals surface area contributed by atoms with Gasteiger partial charge in [0.15, 0.2) is 5.96 Å². The van der Waals surface area contributed by atoms with Gasteiger partial charge in [-0.05, 0) is 43.7 Å². The highest BCUT2D eigenvalue weighted by molar-refractivity contribution is 14.0. The Morgan fingerprint density at radius 2 is 2.10 bits per heavy atom. The minimum absolute atomic E-state index is 0. The molecule has 166 valence electrons. The molecular weight excluding hydrogens is 491 g/mol. The predicted molar refractivity (Wildman–Crippen MR) is 130 cm³/mol. The summed E-state index contributed by atoms with van der Waals surface area (Å²) in [5.41, 5.74) is 2.71. The third kappa shape index (κ3) is 4.77. The fourth-order valence-corrected chi connectivity index (χ4v) is 5.12. The highest BCUT2D eigenvalue weighted by Gasteiger charge is 2.59. The molecule has 2 N–H and O–H groups in total. The SMILES string of the molecule is CCOC1CC(NC(=NC)NCc2cccc(CN3CCCC3=O)c2)C12CCC2.I. The van der Waals surface area contributed by atoms with E-state index in [1.165, 1.54) is 30.4 Å². The van der Waals surface area contributed by atoms with Crippen LogP contribution in [0.5, 0.6) is 0 Å². The van der Waals surface area contributed by atoms with Crippen molar-refractivity contribution in [3.63, 3.8) is 0 Å². The van der Waals surface area contributed by atoms with Crippen LogP contribution in [0.15, 0.2) is 29.3 Å². The molecule has 1 heterocycles. The van der Waals surface area contributed by atoms with Crippen LogP contribution in [0.1, 0.15) is 56.6 Å². The third-order valence-corrected chi connectivity index (χ3v) is 6.97. The van der Waals surface area contributed by atoms with Crippen LogP contribution in [-0.4, -0.2) is 49.1 Å². The number of nitrogens with one attached hydrogen (secondary N) is 2. The minimum atomic E-state index is 0. The molecule has 1 aromatic rings. The number of rotatable bonds is 7. The Bertz CT molecular complexity index is 765. The standard InChI is InChI=1S/C23H34N4O2.HI/c1-3-29-20-14-19(23(20)10-6-11-23)26-22(24-2)25-15-17-7-4-8-18(13-17)16-27-12-5-9-21(27)28;/h4,7-8,13,19-20H,3,5-6,9-12,14-16H2,1-2H3,(H2,24,25,26);1H. The van der Waals surface area contributed by atoms with Crippen LogP contribution in [0.25, 0.3) is 0 Å². The first-order valence-electron chi connectivity index (χ1n) is 11.1. The number of likely N-dealkylation sites (tertiary alicyclic amines) is 1. The van der Waals surface area contributed by atoms with Crippen molar-refractivity contribution >= 4 is 35.8 Å². The Morgan fingerprint density at radius 1 is 1.30 bits per heavy atom. The molecule has 2 saturated carbocycles. The Balaban J connectivity index is 0.00000256. The molecule has 7 heteroatoms. The van der Waals surface area contributed by atoms with Crippen LogP contribution in [0.3, 0.4) is 0 Å². The maximum Gasteiger partial charge on any atom is 0.222 e. The van der Waals surface area contributed by atoms with E-state index in [4.69, 9.17) is 4.74 Å². The number of guanidine groups is 1. The van der Waals surface area contributed by atoms with Crippen molar-refractivity contribution < 1.29 is 9.53 Å². The molecule has 3 fully saturated rings. The van der Waals surface area contributed by atoms with Gasteiger partial charge in [-0.3, -0.25) is 9.79 Å². The summed E-state index contributed by atoms with van der Waals surface area (Å²) in [6.45, 7) is 5.19. The van der Waals surface area contributed by atoms with Crippen molar-refractivity contribution in [2.45, 2.75) is 70.7 Å². The number of ether oxygens (including phenoxy) is 1. The van der Waals surface area contributed by atoms with Crippen LogP contribution in [0, 0.1) is 5.41 Å². The van der Waals surface area contributed by atoms with Gasteiger partial charge in [0.2, 0.25) is 5.91 Å². The number of halogens is 1. The van der Waals surface area contributed by atoms with Crippen LogP contribution in [-0.2, 0) is 22.6 Å². The molecular formula is C23H35IN4O2. The Morgan fingerprint density at radius 3 is 2.73 bits per heavy atom. The van der Waals surface area contributed by atoms with E-state index in [0.29, 0.717) is 30.5 Å². The van der Waals surface area contributed by atoms with E-state index in [1.54, 1.807) is 0 Å². The Hall–Kier alpha value is -1.35. The van der Waals surface area contributed by atoms with Crippen molar-refractivity contribution in [3.05, 3.63) is 35.4 Å². The molecule has 3 aliphatic rings. The molecule has 30 heavy (non-hydrogen) atoms.